The van der Waals surface area contributed by atoms with Gasteiger partial charge in [-0.1, -0.05) is 12.1 Å². The second-order valence-electron chi connectivity index (χ2n) is 7.52. The van der Waals surface area contributed by atoms with E-state index in [1.165, 1.54) is 0 Å². The van der Waals surface area contributed by atoms with E-state index in [4.69, 9.17) is 15.3 Å². The number of rotatable bonds is 6. The fourth-order valence-corrected chi connectivity index (χ4v) is 3.32. The molecule has 6 heteroatoms. The summed E-state index contributed by atoms with van der Waals surface area (Å²) in [6.07, 6.45) is 2.04. The highest BCUT2D eigenvalue weighted by Crippen LogP contribution is 2.42. The van der Waals surface area contributed by atoms with Crippen LogP contribution in [-0.2, 0) is 6.61 Å². The van der Waals surface area contributed by atoms with Gasteiger partial charge >= 0.3 is 0 Å². The third-order valence-corrected chi connectivity index (χ3v) is 5.13. The van der Waals surface area contributed by atoms with E-state index in [0.29, 0.717) is 34.0 Å². The Morgan fingerprint density at radius 2 is 1.84 bits per heavy atom. The average molecular weight is 408 g/mol. The zero-order chi connectivity index (χ0) is 21.8. The molecule has 0 saturated heterocycles. The minimum Gasteiger partial charge on any atom is -0.487 e. The van der Waals surface area contributed by atoms with Crippen molar-refractivity contribution in [1.82, 2.24) is 4.98 Å². The normalized spacial score (nSPS) is 12.5. The Morgan fingerprint density at radius 3 is 2.52 bits per heavy atom. The van der Waals surface area contributed by atoms with Crippen molar-refractivity contribution in [2.24, 2.45) is 0 Å². The lowest BCUT2D eigenvalue weighted by atomic mass is 10.1. The molecule has 3 aromatic rings. The van der Waals surface area contributed by atoms with Gasteiger partial charge in [-0.3, -0.25) is 9.78 Å². The van der Waals surface area contributed by atoms with Crippen LogP contribution in [0.25, 0.3) is 0 Å². The van der Waals surface area contributed by atoms with Crippen molar-refractivity contribution in [3.63, 3.8) is 0 Å². The van der Waals surface area contributed by atoms with E-state index in [9.17, 15) is 4.79 Å². The number of ether oxygens (including phenoxy) is 1. The molecule has 0 spiro atoms. The highest BCUT2D eigenvalue weighted by atomic mass is 16.5. The molecule has 0 unspecified atom stereocenters. The van der Waals surface area contributed by atoms with Gasteiger partial charge in [0, 0.05) is 11.6 Å². The van der Waals surface area contributed by atoms with Crippen molar-refractivity contribution >= 4 is 11.6 Å². The second-order valence-corrected chi connectivity index (χ2v) is 7.52. The predicted molar refractivity (Wildman–Crippen MR) is 116 cm³/mol. The molecule has 4 rings (SSSR count). The number of hydrogen-bond acceptors (Lipinski definition) is 5. The van der Waals surface area contributed by atoms with Crippen LogP contribution in [0, 0.1) is 29.6 Å². The molecule has 0 atom stereocenters. The smallest absolute Gasteiger partial charge is 0.257 e. The summed E-state index contributed by atoms with van der Waals surface area (Å²) < 4.78 is 5.96. The molecular weight excluding hydrogens is 388 g/mol. The van der Waals surface area contributed by atoms with E-state index in [0.717, 1.165) is 29.8 Å². The zero-order valence-electron chi connectivity index (χ0n) is 17.1. The largest absolute Gasteiger partial charge is 0.487 e. The number of aromatic nitrogens is 1. The van der Waals surface area contributed by atoms with Crippen LogP contribution < -0.4 is 10.1 Å². The third kappa shape index (κ3) is 4.71. The number of nitrogens with one attached hydrogen (secondary N) is 1. The van der Waals surface area contributed by atoms with Crippen LogP contribution in [0.4, 0.5) is 5.69 Å². The molecule has 0 radical (unpaired) electrons. The SMILES string of the molecule is Cc1nc(C2CC2)c(C(=O)Nc2ccc(C#N)cc2)cc1OCc1cccc(C#N)c1. The van der Waals surface area contributed by atoms with Gasteiger partial charge in [0.15, 0.2) is 0 Å². The number of pyridine rings is 1. The van der Waals surface area contributed by atoms with Gasteiger partial charge in [0.1, 0.15) is 12.4 Å². The number of amides is 1. The fraction of sp³-hybridized carbons (Fsp3) is 0.200. The molecule has 1 aromatic heterocycles. The Hall–Kier alpha value is -4.16. The van der Waals surface area contributed by atoms with Gasteiger partial charge in [-0.25, -0.2) is 0 Å². The number of hydrogen-bond donors (Lipinski definition) is 1. The van der Waals surface area contributed by atoms with Crippen LogP contribution in [0.3, 0.4) is 0 Å². The topological polar surface area (TPSA) is 98.8 Å². The molecule has 1 heterocycles. The van der Waals surface area contributed by atoms with E-state index in [1.807, 2.05) is 19.1 Å². The van der Waals surface area contributed by atoms with Crippen LogP contribution >= 0.6 is 0 Å². The molecule has 1 aliphatic carbocycles. The number of aryl methyl sites for hydroxylation is 1. The molecule has 1 amide bonds. The van der Waals surface area contributed by atoms with Gasteiger partial charge in [0.2, 0.25) is 0 Å². The van der Waals surface area contributed by atoms with Gasteiger partial charge in [-0.2, -0.15) is 10.5 Å². The summed E-state index contributed by atoms with van der Waals surface area (Å²) in [6, 6.07) is 19.9. The van der Waals surface area contributed by atoms with Gasteiger partial charge in [0.05, 0.1) is 40.2 Å². The number of carbonyl (C=O) groups excluding carboxylic acids is 1. The van der Waals surface area contributed by atoms with E-state index < -0.39 is 0 Å². The second kappa shape index (κ2) is 8.69. The summed E-state index contributed by atoms with van der Waals surface area (Å²) in [4.78, 5) is 17.7. The fourth-order valence-electron chi connectivity index (χ4n) is 3.32. The van der Waals surface area contributed by atoms with Crippen molar-refractivity contribution in [1.29, 1.82) is 10.5 Å². The standard InChI is InChI=1S/C25H20N4O2/c1-16-23(31-15-19-4-2-3-18(11-19)14-27)12-22(24(28-16)20-7-8-20)25(30)29-21-9-5-17(13-26)6-10-21/h2-6,9-12,20H,7-8,15H2,1H3,(H,29,30). The maximum Gasteiger partial charge on any atom is 0.257 e. The number of anilines is 1. The summed E-state index contributed by atoms with van der Waals surface area (Å²) in [5.41, 5.74) is 4.61. The van der Waals surface area contributed by atoms with E-state index in [-0.39, 0.29) is 12.5 Å². The first-order chi connectivity index (χ1) is 15.1. The van der Waals surface area contributed by atoms with Crippen molar-refractivity contribution in [2.45, 2.75) is 32.3 Å². The van der Waals surface area contributed by atoms with Crippen LogP contribution in [0.1, 0.15) is 57.2 Å². The molecule has 6 nitrogen and oxygen atoms in total. The molecule has 31 heavy (non-hydrogen) atoms. The Bertz CT molecular complexity index is 1220. The van der Waals surface area contributed by atoms with Crippen LogP contribution in [-0.4, -0.2) is 10.9 Å². The van der Waals surface area contributed by atoms with Crippen LogP contribution in [0.2, 0.25) is 0 Å². The highest BCUT2D eigenvalue weighted by Gasteiger charge is 2.31. The number of carbonyl (C=O) groups is 1. The van der Waals surface area contributed by atoms with Crippen molar-refractivity contribution in [3.05, 3.63) is 88.2 Å². The van der Waals surface area contributed by atoms with Gasteiger partial charge in [0.25, 0.3) is 5.91 Å². The minimum absolute atomic E-state index is 0.254. The molecule has 1 fully saturated rings. The number of benzene rings is 2. The highest BCUT2D eigenvalue weighted by molar-refractivity contribution is 6.05. The third-order valence-electron chi connectivity index (χ3n) is 5.13. The lowest BCUT2D eigenvalue weighted by molar-refractivity contribution is 0.102. The Balaban J connectivity index is 1.57. The molecule has 1 aliphatic rings. The lowest BCUT2D eigenvalue weighted by Gasteiger charge is -2.15. The van der Waals surface area contributed by atoms with E-state index >= 15 is 0 Å². The molecule has 0 aliphatic heterocycles. The molecule has 2 aromatic carbocycles. The molecule has 1 N–H and O–H groups in total. The monoisotopic (exact) mass is 408 g/mol. The Morgan fingerprint density at radius 1 is 1.10 bits per heavy atom. The number of nitrogens with zero attached hydrogens (tertiary/aromatic N) is 3. The predicted octanol–water partition coefficient (Wildman–Crippen LogP) is 4.84. The first-order valence-corrected chi connectivity index (χ1v) is 10.0. The molecule has 152 valence electrons. The van der Waals surface area contributed by atoms with Crippen LogP contribution in [0.5, 0.6) is 5.75 Å². The Kier molecular flexibility index (Phi) is 5.64. The first-order valence-electron chi connectivity index (χ1n) is 10.0. The van der Waals surface area contributed by atoms with Crippen molar-refractivity contribution < 1.29 is 9.53 Å². The van der Waals surface area contributed by atoms with Gasteiger partial charge in [-0.05, 0) is 67.8 Å². The quantitative estimate of drug-likeness (QED) is 0.629. The lowest BCUT2D eigenvalue weighted by Crippen LogP contribution is -2.16. The maximum atomic E-state index is 13.0. The zero-order valence-corrected chi connectivity index (χ0v) is 17.1. The minimum atomic E-state index is -0.254. The summed E-state index contributed by atoms with van der Waals surface area (Å²) in [6.45, 7) is 2.15. The van der Waals surface area contributed by atoms with E-state index in [2.05, 4.69) is 22.4 Å². The molecule has 1 saturated carbocycles. The molecular formula is C25H20N4O2. The average Bonchev–Trinajstić information content (AvgIpc) is 3.64. The summed E-state index contributed by atoms with van der Waals surface area (Å²) in [5, 5.41) is 20.9. The van der Waals surface area contributed by atoms with Crippen molar-refractivity contribution in [3.8, 4) is 17.9 Å². The molecule has 0 bridgehead atoms. The summed E-state index contributed by atoms with van der Waals surface area (Å²) in [5.74, 6) is 0.578. The maximum absolute atomic E-state index is 13.0. The van der Waals surface area contributed by atoms with Gasteiger partial charge in [-0.15, -0.1) is 0 Å². The van der Waals surface area contributed by atoms with Crippen LogP contribution in [0.15, 0.2) is 54.6 Å². The number of nitriles is 2. The summed E-state index contributed by atoms with van der Waals surface area (Å²) in [7, 11) is 0. The Labute approximate surface area is 180 Å². The van der Waals surface area contributed by atoms with E-state index in [1.54, 1.807) is 42.5 Å². The van der Waals surface area contributed by atoms with Gasteiger partial charge < -0.3 is 10.1 Å². The summed E-state index contributed by atoms with van der Waals surface area (Å²) >= 11 is 0. The first kappa shape index (κ1) is 20.1. The van der Waals surface area contributed by atoms with Crippen molar-refractivity contribution in [2.75, 3.05) is 5.32 Å².